The number of ether oxygens (including phenoxy) is 1. The van der Waals surface area contributed by atoms with Crippen molar-refractivity contribution in [2.24, 2.45) is 5.73 Å². The molecular formula is C5H10LiNO2. The van der Waals surface area contributed by atoms with E-state index in [2.05, 4.69) is 4.74 Å². The third-order valence-electron chi connectivity index (χ3n) is 0.600. The molecule has 0 amide bonds. The predicted octanol–water partition coefficient (Wildman–Crippen LogP) is -3.81. The largest absolute Gasteiger partial charge is 1.00 e. The molecule has 0 rings (SSSR count). The molecule has 0 aliphatic heterocycles. The molecule has 0 heterocycles. The molecule has 0 aliphatic rings. The van der Waals surface area contributed by atoms with Crippen LogP contribution in [0, 0.1) is 0 Å². The second kappa shape index (κ2) is 6.02. The third-order valence-corrected chi connectivity index (χ3v) is 0.600. The Kier molecular flexibility index (Phi) is 7.81. The molecule has 0 unspecified atom stereocenters. The summed E-state index contributed by atoms with van der Waals surface area (Å²) in [7, 11) is 1.32. The maximum absolute atomic E-state index is 10.3. The molecule has 3 nitrogen and oxygen atoms in total. The van der Waals surface area contributed by atoms with E-state index >= 15 is 0 Å². The SMILES string of the molecule is CO/C([O-])=C/[C@H](C)N.[Li+]. The van der Waals surface area contributed by atoms with Gasteiger partial charge in [-0.1, -0.05) is 0 Å². The van der Waals surface area contributed by atoms with Crippen molar-refractivity contribution in [1.29, 1.82) is 0 Å². The van der Waals surface area contributed by atoms with Gasteiger partial charge in [-0.3, -0.25) is 0 Å². The summed E-state index contributed by atoms with van der Waals surface area (Å²) in [6.07, 6.45) is 1.31. The van der Waals surface area contributed by atoms with E-state index in [1.165, 1.54) is 13.2 Å². The third kappa shape index (κ3) is 7.90. The Hall–Kier alpha value is -0.103. The molecule has 0 fully saturated rings. The van der Waals surface area contributed by atoms with Crippen LogP contribution in [0.3, 0.4) is 0 Å². The Bertz CT molecular complexity index is 93.0. The maximum Gasteiger partial charge on any atom is 1.00 e. The van der Waals surface area contributed by atoms with Gasteiger partial charge in [0.2, 0.25) is 0 Å². The van der Waals surface area contributed by atoms with Gasteiger partial charge in [0.1, 0.15) is 0 Å². The quantitative estimate of drug-likeness (QED) is 0.302. The molecule has 0 saturated carbocycles. The standard InChI is InChI=1S/C5H11NO2.Li/c1-4(6)3-5(7)8-2;/h3-4,7H,6H2,1-2H3;/q;+1/p-1/b5-3+;/t4-;/m0./s1. The minimum Gasteiger partial charge on any atom is -0.617 e. The summed E-state index contributed by atoms with van der Waals surface area (Å²) in [4.78, 5) is 0. The predicted molar refractivity (Wildman–Crippen MR) is 28.7 cm³/mol. The van der Waals surface area contributed by atoms with Crippen molar-refractivity contribution in [3.63, 3.8) is 0 Å². The Labute approximate surface area is 67.1 Å². The topological polar surface area (TPSA) is 58.3 Å². The summed E-state index contributed by atoms with van der Waals surface area (Å²) >= 11 is 0. The van der Waals surface area contributed by atoms with E-state index in [0.717, 1.165) is 0 Å². The van der Waals surface area contributed by atoms with Crippen LogP contribution in [-0.4, -0.2) is 13.2 Å². The van der Waals surface area contributed by atoms with E-state index in [0.29, 0.717) is 0 Å². The van der Waals surface area contributed by atoms with E-state index in [4.69, 9.17) is 5.73 Å². The van der Waals surface area contributed by atoms with Crippen molar-refractivity contribution in [1.82, 2.24) is 0 Å². The van der Waals surface area contributed by atoms with Crippen molar-refractivity contribution >= 4 is 0 Å². The molecular weight excluding hydrogens is 113 g/mol. The van der Waals surface area contributed by atoms with E-state index < -0.39 is 0 Å². The Balaban J connectivity index is 0. The van der Waals surface area contributed by atoms with Crippen molar-refractivity contribution in [3.05, 3.63) is 12.0 Å². The van der Waals surface area contributed by atoms with Gasteiger partial charge in [0.15, 0.2) is 0 Å². The van der Waals surface area contributed by atoms with Gasteiger partial charge in [0.25, 0.3) is 0 Å². The number of methoxy groups -OCH3 is 1. The number of hydrogen-bond donors (Lipinski definition) is 1. The first-order chi connectivity index (χ1) is 3.66. The molecule has 0 aliphatic carbocycles. The summed E-state index contributed by atoms with van der Waals surface area (Å²) in [5, 5.41) is 10.3. The Morgan fingerprint density at radius 2 is 2.22 bits per heavy atom. The van der Waals surface area contributed by atoms with E-state index in [-0.39, 0.29) is 30.8 Å². The molecule has 2 N–H and O–H groups in total. The van der Waals surface area contributed by atoms with Crippen molar-refractivity contribution in [2.45, 2.75) is 13.0 Å². The van der Waals surface area contributed by atoms with Gasteiger partial charge in [-0.15, -0.1) is 0 Å². The van der Waals surface area contributed by atoms with Crippen LogP contribution in [0.5, 0.6) is 0 Å². The van der Waals surface area contributed by atoms with Crippen LogP contribution < -0.4 is 29.7 Å². The fourth-order valence-electron chi connectivity index (χ4n) is 0.283. The summed E-state index contributed by atoms with van der Waals surface area (Å²) in [5.41, 5.74) is 5.21. The normalized spacial score (nSPS) is 13.9. The first kappa shape index (κ1) is 11.7. The fourth-order valence-corrected chi connectivity index (χ4v) is 0.283. The van der Waals surface area contributed by atoms with Gasteiger partial charge in [-0.2, -0.15) is 0 Å². The van der Waals surface area contributed by atoms with Gasteiger partial charge in [0.05, 0.1) is 0 Å². The number of nitrogens with two attached hydrogens (primary N) is 1. The Morgan fingerprint density at radius 1 is 1.78 bits per heavy atom. The summed E-state index contributed by atoms with van der Waals surface area (Å²) in [6, 6.07) is -0.220. The molecule has 0 aromatic rings. The fraction of sp³-hybridized carbons (Fsp3) is 0.600. The summed E-state index contributed by atoms with van der Waals surface area (Å²) in [6.45, 7) is 1.71. The zero-order valence-corrected chi connectivity index (χ0v) is 6.05. The minimum atomic E-state index is -0.375. The molecule has 1 atom stereocenters. The van der Waals surface area contributed by atoms with E-state index in [1.807, 2.05) is 0 Å². The van der Waals surface area contributed by atoms with Crippen LogP contribution in [0.15, 0.2) is 12.0 Å². The number of rotatable bonds is 2. The van der Waals surface area contributed by atoms with E-state index in [1.54, 1.807) is 6.92 Å². The monoisotopic (exact) mass is 123 g/mol. The van der Waals surface area contributed by atoms with E-state index in [9.17, 15) is 5.11 Å². The van der Waals surface area contributed by atoms with Crippen LogP contribution in [0.1, 0.15) is 6.92 Å². The first-order valence-electron chi connectivity index (χ1n) is 2.35. The zero-order valence-electron chi connectivity index (χ0n) is 6.05. The van der Waals surface area contributed by atoms with Gasteiger partial charge < -0.3 is 15.6 Å². The van der Waals surface area contributed by atoms with Gasteiger partial charge in [-0.05, 0) is 20.1 Å². The maximum atomic E-state index is 10.3. The Morgan fingerprint density at radius 3 is 2.33 bits per heavy atom. The van der Waals surface area contributed by atoms with Gasteiger partial charge >= 0.3 is 18.9 Å². The van der Waals surface area contributed by atoms with Crippen molar-refractivity contribution < 1.29 is 28.7 Å². The average Bonchev–Trinajstić information content (AvgIpc) is 1.65. The molecule has 0 aromatic heterocycles. The van der Waals surface area contributed by atoms with Crippen LogP contribution in [0.25, 0.3) is 0 Å². The van der Waals surface area contributed by atoms with Crippen molar-refractivity contribution in [3.8, 4) is 0 Å². The van der Waals surface area contributed by atoms with Crippen LogP contribution in [0.2, 0.25) is 0 Å². The number of hydrogen-bond acceptors (Lipinski definition) is 3. The molecule has 0 saturated heterocycles. The molecule has 0 aromatic carbocycles. The smallest absolute Gasteiger partial charge is 0.617 e. The summed E-state index contributed by atoms with van der Waals surface area (Å²) in [5.74, 6) is -0.375. The average molecular weight is 123 g/mol. The van der Waals surface area contributed by atoms with Crippen LogP contribution >= 0.6 is 0 Å². The summed E-state index contributed by atoms with van der Waals surface area (Å²) < 4.78 is 4.29. The van der Waals surface area contributed by atoms with Gasteiger partial charge in [-0.25, -0.2) is 0 Å². The minimum absolute atomic E-state index is 0. The first-order valence-corrected chi connectivity index (χ1v) is 2.35. The molecule has 0 spiro atoms. The van der Waals surface area contributed by atoms with Crippen LogP contribution in [-0.2, 0) is 4.74 Å². The molecule has 0 bridgehead atoms. The molecule has 48 valence electrons. The molecule has 0 radical (unpaired) electrons. The van der Waals surface area contributed by atoms with Crippen molar-refractivity contribution in [2.75, 3.05) is 7.11 Å². The molecule has 9 heavy (non-hydrogen) atoms. The second-order valence-corrected chi connectivity index (χ2v) is 1.55. The molecule has 4 heteroatoms. The second-order valence-electron chi connectivity index (χ2n) is 1.55. The van der Waals surface area contributed by atoms with Gasteiger partial charge in [0, 0.05) is 12.0 Å². The zero-order chi connectivity index (χ0) is 6.57. The van der Waals surface area contributed by atoms with Crippen LogP contribution in [0.4, 0.5) is 0 Å².